The van der Waals surface area contributed by atoms with Crippen molar-refractivity contribution in [3.8, 4) is 0 Å². The summed E-state index contributed by atoms with van der Waals surface area (Å²) in [7, 11) is 0. The van der Waals surface area contributed by atoms with Gasteiger partial charge in [-0.2, -0.15) is 5.01 Å². The molecule has 2 aliphatic rings. The molecule has 1 aliphatic carbocycles. The summed E-state index contributed by atoms with van der Waals surface area (Å²) in [5.41, 5.74) is -0.737. The summed E-state index contributed by atoms with van der Waals surface area (Å²) in [6.45, 7) is -0.728. The van der Waals surface area contributed by atoms with Crippen LogP contribution in [0.15, 0.2) is 48.5 Å². The molecule has 1 heterocycles. The molecule has 180 valence electrons. The van der Waals surface area contributed by atoms with Crippen LogP contribution < -0.4 is 0 Å². The minimum atomic E-state index is -0.876. The first-order valence-corrected chi connectivity index (χ1v) is 10.9. The Hall–Kier alpha value is -4.48. The van der Waals surface area contributed by atoms with Crippen LogP contribution >= 0.6 is 0 Å². The Kier molecular flexibility index (Phi) is 6.36. The molecule has 0 bridgehead atoms. The number of nitro groups is 2. The number of Topliss-reactive ketones (excluding diaryl/α,β-unsaturated/α-hetero) is 1. The highest BCUT2D eigenvalue weighted by Gasteiger charge is 2.51. The van der Waals surface area contributed by atoms with E-state index in [1.165, 1.54) is 30.3 Å². The van der Waals surface area contributed by atoms with Gasteiger partial charge in [-0.15, -0.1) is 0 Å². The van der Waals surface area contributed by atoms with Gasteiger partial charge in [-0.3, -0.25) is 39.4 Å². The number of rotatable bonds is 7. The second-order valence-corrected chi connectivity index (χ2v) is 8.38. The van der Waals surface area contributed by atoms with E-state index < -0.39 is 51.7 Å². The summed E-state index contributed by atoms with van der Waals surface area (Å²) in [5.74, 6) is -3.94. The molecule has 2 aromatic carbocycles. The van der Waals surface area contributed by atoms with Gasteiger partial charge in [-0.05, 0) is 25.0 Å². The molecule has 2 aromatic rings. The van der Waals surface area contributed by atoms with Gasteiger partial charge >= 0.3 is 0 Å². The highest BCUT2D eigenvalue weighted by Crippen LogP contribution is 2.39. The molecule has 0 spiro atoms. The number of amides is 3. The standard InChI is InChI=1S/C23H20N4O8/c28-20(15-4-3-5-17(12-15)27(34)35)13-24(21(29)14-8-10-16(11-9-14)26(32)33)25-22(30)18-6-1-2-7-19(18)23(25)31/h3-5,8-12,18-19H,1-2,6-7,13H2/t18-,19+. The van der Waals surface area contributed by atoms with Gasteiger partial charge in [-0.1, -0.05) is 25.0 Å². The molecule has 0 aromatic heterocycles. The van der Waals surface area contributed by atoms with Gasteiger partial charge in [0.2, 0.25) is 0 Å². The Morgan fingerprint density at radius 2 is 1.43 bits per heavy atom. The Bertz CT molecular complexity index is 1220. The molecule has 1 saturated heterocycles. The fraction of sp³-hybridized carbons (Fsp3) is 0.304. The molecular formula is C23H20N4O8. The molecule has 4 rings (SSSR count). The molecule has 2 atom stereocenters. The molecule has 1 aliphatic heterocycles. The Balaban J connectivity index is 1.70. The van der Waals surface area contributed by atoms with Crippen LogP contribution in [-0.4, -0.2) is 49.9 Å². The van der Waals surface area contributed by atoms with Crippen molar-refractivity contribution in [2.45, 2.75) is 25.7 Å². The number of fused-ring (bicyclic) bond motifs is 1. The monoisotopic (exact) mass is 480 g/mol. The molecule has 1 saturated carbocycles. The largest absolute Gasteiger partial charge is 0.292 e. The second-order valence-electron chi connectivity index (χ2n) is 8.38. The summed E-state index contributed by atoms with van der Waals surface area (Å²) in [6.07, 6.45) is 2.50. The third-order valence-electron chi connectivity index (χ3n) is 6.29. The van der Waals surface area contributed by atoms with Crippen LogP contribution in [0.4, 0.5) is 11.4 Å². The Labute approximate surface area is 198 Å². The molecule has 0 N–H and O–H groups in total. The average Bonchev–Trinajstić information content (AvgIpc) is 3.12. The number of hydrogen-bond donors (Lipinski definition) is 0. The third kappa shape index (κ3) is 4.50. The van der Waals surface area contributed by atoms with Crippen molar-refractivity contribution in [2.24, 2.45) is 11.8 Å². The average molecular weight is 480 g/mol. The van der Waals surface area contributed by atoms with Gasteiger partial charge in [0.05, 0.1) is 21.7 Å². The van der Waals surface area contributed by atoms with Crippen molar-refractivity contribution in [1.29, 1.82) is 0 Å². The number of carbonyl (C=O) groups excluding carboxylic acids is 4. The summed E-state index contributed by atoms with van der Waals surface area (Å²) in [6, 6.07) is 9.43. The number of ketones is 1. The van der Waals surface area contributed by atoms with Gasteiger partial charge in [0.15, 0.2) is 5.78 Å². The van der Waals surface area contributed by atoms with E-state index in [1.807, 2.05) is 0 Å². The van der Waals surface area contributed by atoms with Crippen LogP contribution in [0.1, 0.15) is 46.4 Å². The van der Waals surface area contributed by atoms with Crippen LogP contribution in [0, 0.1) is 32.1 Å². The lowest BCUT2D eigenvalue weighted by molar-refractivity contribution is -0.385. The van der Waals surface area contributed by atoms with Crippen LogP contribution in [0.25, 0.3) is 0 Å². The van der Waals surface area contributed by atoms with Gasteiger partial charge < -0.3 is 0 Å². The number of nitrogens with zero attached hydrogens (tertiary/aromatic N) is 4. The first-order chi connectivity index (χ1) is 16.7. The Morgan fingerprint density at radius 1 is 0.857 bits per heavy atom. The third-order valence-corrected chi connectivity index (χ3v) is 6.29. The van der Waals surface area contributed by atoms with Crippen molar-refractivity contribution in [3.63, 3.8) is 0 Å². The number of non-ortho nitro benzene ring substituents is 2. The van der Waals surface area contributed by atoms with Crippen molar-refractivity contribution in [2.75, 3.05) is 6.54 Å². The molecule has 12 heteroatoms. The fourth-order valence-electron chi connectivity index (χ4n) is 4.51. The van der Waals surface area contributed by atoms with Gasteiger partial charge in [0.25, 0.3) is 29.1 Å². The van der Waals surface area contributed by atoms with Crippen LogP contribution in [-0.2, 0) is 9.59 Å². The lowest BCUT2D eigenvalue weighted by atomic mass is 9.81. The minimum Gasteiger partial charge on any atom is -0.292 e. The van der Waals surface area contributed by atoms with Gasteiger partial charge in [0, 0.05) is 35.4 Å². The number of imide groups is 1. The molecule has 0 radical (unpaired) electrons. The lowest BCUT2D eigenvalue weighted by Crippen LogP contribution is -2.52. The summed E-state index contributed by atoms with van der Waals surface area (Å²) in [5, 5.41) is 23.5. The minimum absolute atomic E-state index is 0.0714. The topological polar surface area (TPSA) is 161 Å². The maximum atomic E-state index is 13.4. The number of hydrogen-bond acceptors (Lipinski definition) is 8. The predicted molar refractivity (Wildman–Crippen MR) is 119 cm³/mol. The molecule has 2 fully saturated rings. The van der Waals surface area contributed by atoms with E-state index in [-0.39, 0.29) is 22.5 Å². The maximum Gasteiger partial charge on any atom is 0.273 e. The molecule has 12 nitrogen and oxygen atoms in total. The quantitative estimate of drug-likeness (QED) is 0.253. The Morgan fingerprint density at radius 3 is 1.97 bits per heavy atom. The van der Waals surface area contributed by atoms with Crippen LogP contribution in [0.5, 0.6) is 0 Å². The van der Waals surface area contributed by atoms with E-state index >= 15 is 0 Å². The van der Waals surface area contributed by atoms with E-state index in [4.69, 9.17) is 0 Å². The molecule has 0 unspecified atom stereocenters. The first-order valence-electron chi connectivity index (χ1n) is 10.9. The smallest absolute Gasteiger partial charge is 0.273 e. The summed E-state index contributed by atoms with van der Waals surface area (Å²) >= 11 is 0. The number of carbonyl (C=O) groups is 4. The van der Waals surface area contributed by atoms with E-state index in [0.717, 1.165) is 36.0 Å². The zero-order valence-electron chi connectivity index (χ0n) is 18.4. The molecular weight excluding hydrogens is 460 g/mol. The summed E-state index contributed by atoms with van der Waals surface area (Å²) in [4.78, 5) is 73.5. The maximum absolute atomic E-state index is 13.4. The summed E-state index contributed by atoms with van der Waals surface area (Å²) < 4.78 is 0. The highest BCUT2D eigenvalue weighted by atomic mass is 16.6. The van der Waals surface area contributed by atoms with Gasteiger partial charge in [0.1, 0.15) is 6.54 Å². The number of nitro benzene ring substituents is 2. The second kappa shape index (κ2) is 9.41. The van der Waals surface area contributed by atoms with E-state index in [0.29, 0.717) is 17.9 Å². The SMILES string of the molecule is O=C(CN(C(=O)c1ccc([N+](=O)[O-])cc1)N1C(=O)[C@H]2CCCC[C@H]2C1=O)c1cccc([N+](=O)[O-])c1. The zero-order chi connectivity index (χ0) is 25.3. The molecule has 3 amide bonds. The van der Waals surface area contributed by atoms with Crippen LogP contribution in [0.2, 0.25) is 0 Å². The van der Waals surface area contributed by atoms with E-state index in [1.54, 1.807) is 0 Å². The fourth-order valence-corrected chi connectivity index (χ4v) is 4.51. The highest BCUT2D eigenvalue weighted by molar-refractivity contribution is 6.09. The predicted octanol–water partition coefficient (Wildman–Crippen LogP) is 2.92. The van der Waals surface area contributed by atoms with Crippen molar-refractivity contribution < 1.29 is 29.0 Å². The molecule has 35 heavy (non-hydrogen) atoms. The first kappa shape index (κ1) is 23.7. The normalized spacial score (nSPS) is 19.3. The number of benzene rings is 2. The number of hydrazine groups is 1. The van der Waals surface area contributed by atoms with Crippen molar-refractivity contribution in [1.82, 2.24) is 10.0 Å². The lowest BCUT2D eigenvalue weighted by Gasteiger charge is -2.30. The zero-order valence-corrected chi connectivity index (χ0v) is 18.4. The van der Waals surface area contributed by atoms with Gasteiger partial charge in [-0.25, -0.2) is 5.01 Å². The van der Waals surface area contributed by atoms with E-state index in [2.05, 4.69) is 0 Å². The van der Waals surface area contributed by atoms with Crippen LogP contribution in [0.3, 0.4) is 0 Å². The van der Waals surface area contributed by atoms with Crippen molar-refractivity contribution >= 4 is 34.9 Å². The van der Waals surface area contributed by atoms with E-state index in [9.17, 15) is 39.4 Å². The van der Waals surface area contributed by atoms with Crippen molar-refractivity contribution in [3.05, 3.63) is 79.9 Å².